The van der Waals surface area contributed by atoms with E-state index in [9.17, 15) is 9.59 Å². The summed E-state index contributed by atoms with van der Waals surface area (Å²) in [5.74, 6) is -0.0608. The molecule has 1 heterocycles. The van der Waals surface area contributed by atoms with E-state index in [1.807, 2.05) is 17.5 Å². The molecule has 0 aliphatic heterocycles. The number of imide groups is 1. The molecule has 0 atom stereocenters. The molecule has 0 spiro atoms. The first-order chi connectivity index (χ1) is 8.31. The van der Waals surface area contributed by atoms with Crippen molar-refractivity contribution in [2.75, 3.05) is 0 Å². The number of amides is 2. The molecule has 2 amide bonds. The molecule has 1 aromatic rings. The van der Waals surface area contributed by atoms with Crippen molar-refractivity contribution < 1.29 is 9.59 Å². The van der Waals surface area contributed by atoms with E-state index in [1.54, 1.807) is 11.3 Å². The summed E-state index contributed by atoms with van der Waals surface area (Å²) < 4.78 is 0. The first-order valence-electron chi connectivity index (χ1n) is 6.10. The Morgan fingerprint density at radius 3 is 2.76 bits per heavy atom. The van der Waals surface area contributed by atoms with Gasteiger partial charge in [-0.05, 0) is 24.3 Å². The van der Waals surface area contributed by atoms with Crippen molar-refractivity contribution in [2.24, 2.45) is 0 Å². The minimum absolute atomic E-state index is 0.0608. The van der Waals surface area contributed by atoms with Gasteiger partial charge in [-0.25, -0.2) is 0 Å². The van der Waals surface area contributed by atoms with E-state index < -0.39 is 0 Å². The number of carbonyl (C=O) groups is 2. The molecule has 4 heteroatoms. The third-order valence-electron chi connectivity index (χ3n) is 3.28. The standard InChI is InChI=1S/C13H17NO2S/c15-10-14(11-5-2-1-3-6-11)13(16)9-12-7-4-8-17-12/h4,7-8,10-11H,1-3,5-6,9H2. The molecule has 1 aromatic heterocycles. The van der Waals surface area contributed by atoms with Crippen molar-refractivity contribution in [3.05, 3.63) is 22.4 Å². The third kappa shape index (κ3) is 3.16. The van der Waals surface area contributed by atoms with Crippen molar-refractivity contribution in [1.82, 2.24) is 4.90 Å². The van der Waals surface area contributed by atoms with Crippen LogP contribution in [0.1, 0.15) is 37.0 Å². The fourth-order valence-electron chi connectivity index (χ4n) is 2.36. The smallest absolute Gasteiger partial charge is 0.234 e. The van der Waals surface area contributed by atoms with Gasteiger partial charge < -0.3 is 0 Å². The minimum atomic E-state index is -0.0608. The molecule has 1 saturated carbocycles. The predicted octanol–water partition coefficient (Wildman–Crippen LogP) is 2.61. The van der Waals surface area contributed by atoms with Gasteiger partial charge in [0.1, 0.15) is 0 Å². The monoisotopic (exact) mass is 251 g/mol. The molecule has 1 aliphatic carbocycles. The van der Waals surface area contributed by atoms with Gasteiger partial charge in [-0.2, -0.15) is 0 Å². The lowest BCUT2D eigenvalue weighted by Gasteiger charge is -2.29. The number of hydrogen-bond acceptors (Lipinski definition) is 3. The zero-order valence-corrected chi connectivity index (χ0v) is 10.6. The molecule has 2 rings (SSSR count). The molecule has 0 N–H and O–H groups in total. The van der Waals surface area contributed by atoms with Gasteiger partial charge in [0, 0.05) is 10.9 Å². The summed E-state index contributed by atoms with van der Waals surface area (Å²) in [4.78, 5) is 25.6. The maximum atomic E-state index is 12.0. The Labute approximate surface area is 105 Å². The van der Waals surface area contributed by atoms with Crippen LogP contribution in [-0.4, -0.2) is 23.3 Å². The molecule has 1 fully saturated rings. The SMILES string of the molecule is O=CN(C(=O)Cc1cccs1)C1CCCCC1. The van der Waals surface area contributed by atoms with Gasteiger partial charge in [-0.3, -0.25) is 14.5 Å². The second-order valence-electron chi connectivity index (χ2n) is 4.45. The van der Waals surface area contributed by atoms with Crippen LogP contribution in [0, 0.1) is 0 Å². The summed E-state index contributed by atoms with van der Waals surface area (Å²) in [7, 11) is 0. The van der Waals surface area contributed by atoms with Crippen LogP contribution in [0.2, 0.25) is 0 Å². The molecule has 1 aliphatic rings. The van der Waals surface area contributed by atoms with Gasteiger partial charge in [0.25, 0.3) is 0 Å². The molecule has 0 bridgehead atoms. The Hall–Kier alpha value is -1.16. The van der Waals surface area contributed by atoms with Crippen LogP contribution in [0.5, 0.6) is 0 Å². The van der Waals surface area contributed by atoms with Crippen molar-refractivity contribution in [1.29, 1.82) is 0 Å². The summed E-state index contributed by atoms with van der Waals surface area (Å²) >= 11 is 1.56. The zero-order valence-electron chi connectivity index (χ0n) is 9.80. The zero-order chi connectivity index (χ0) is 12.1. The quantitative estimate of drug-likeness (QED) is 0.771. The van der Waals surface area contributed by atoms with E-state index in [2.05, 4.69) is 0 Å². The fraction of sp³-hybridized carbons (Fsp3) is 0.538. The van der Waals surface area contributed by atoms with E-state index in [0.29, 0.717) is 12.8 Å². The maximum Gasteiger partial charge on any atom is 0.234 e. The lowest BCUT2D eigenvalue weighted by atomic mass is 9.94. The normalized spacial score (nSPS) is 16.7. The van der Waals surface area contributed by atoms with Crippen molar-refractivity contribution in [3.63, 3.8) is 0 Å². The Balaban J connectivity index is 1.97. The molecule has 0 radical (unpaired) electrons. The number of nitrogens with zero attached hydrogens (tertiary/aromatic N) is 1. The lowest BCUT2D eigenvalue weighted by molar-refractivity contribution is -0.140. The van der Waals surface area contributed by atoms with Crippen LogP contribution < -0.4 is 0 Å². The second kappa shape index (κ2) is 5.96. The van der Waals surface area contributed by atoms with Crippen LogP contribution >= 0.6 is 11.3 Å². The minimum Gasteiger partial charge on any atom is -0.282 e. The lowest BCUT2D eigenvalue weighted by Crippen LogP contribution is -2.41. The third-order valence-corrected chi connectivity index (χ3v) is 4.15. The average molecular weight is 251 g/mol. The summed E-state index contributed by atoms with van der Waals surface area (Å²) in [5.41, 5.74) is 0. The van der Waals surface area contributed by atoms with Gasteiger partial charge in [0.15, 0.2) is 0 Å². The van der Waals surface area contributed by atoms with Gasteiger partial charge in [-0.15, -0.1) is 11.3 Å². The molecule has 3 nitrogen and oxygen atoms in total. The maximum absolute atomic E-state index is 12.0. The van der Waals surface area contributed by atoms with Gasteiger partial charge >= 0.3 is 0 Å². The van der Waals surface area contributed by atoms with Gasteiger partial charge in [-0.1, -0.05) is 25.3 Å². The summed E-state index contributed by atoms with van der Waals surface area (Å²) in [6.07, 6.45) is 6.48. The number of hydrogen-bond donors (Lipinski definition) is 0. The van der Waals surface area contributed by atoms with Crippen LogP contribution in [0.4, 0.5) is 0 Å². The van der Waals surface area contributed by atoms with Crippen LogP contribution in [-0.2, 0) is 16.0 Å². The second-order valence-corrected chi connectivity index (χ2v) is 5.49. The Morgan fingerprint density at radius 1 is 1.41 bits per heavy atom. The summed E-state index contributed by atoms with van der Waals surface area (Å²) in [6.45, 7) is 0. The largest absolute Gasteiger partial charge is 0.282 e. The first-order valence-corrected chi connectivity index (χ1v) is 6.98. The van der Waals surface area contributed by atoms with E-state index in [0.717, 1.165) is 30.6 Å². The molecule has 0 aromatic carbocycles. The van der Waals surface area contributed by atoms with E-state index in [4.69, 9.17) is 0 Å². The average Bonchev–Trinajstić information content (AvgIpc) is 2.84. The molecule has 92 valence electrons. The summed E-state index contributed by atoms with van der Waals surface area (Å²) in [6, 6.07) is 4.00. The highest BCUT2D eigenvalue weighted by Gasteiger charge is 2.24. The van der Waals surface area contributed by atoms with E-state index in [1.165, 1.54) is 11.3 Å². The number of carbonyl (C=O) groups excluding carboxylic acids is 2. The predicted molar refractivity (Wildman–Crippen MR) is 67.8 cm³/mol. The molecular weight excluding hydrogens is 234 g/mol. The Kier molecular flexibility index (Phi) is 4.31. The van der Waals surface area contributed by atoms with Crippen LogP contribution in [0.3, 0.4) is 0 Å². The van der Waals surface area contributed by atoms with Crippen molar-refractivity contribution in [3.8, 4) is 0 Å². The van der Waals surface area contributed by atoms with Crippen LogP contribution in [0.25, 0.3) is 0 Å². The molecular formula is C13H17NO2S. The van der Waals surface area contributed by atoms with Crippen molar-refractivity contribution in [2.45, 2.75) is 44.6 Å². The number of thiophene rings is 1. The van der Waals surface area contributed by atoms with E-state index >= 15 is 0 Å². The highest BCUT2D eigenvalue weighted by Crippen LogP contribution is 2.22. The Bertz CT molecular complexity index is 369. The number of rotatable bonds is 4. The summed E-state index contributed by atoms with van der Waals surface area (Å²) in [5, 5.41) is 1.95. The molecule has 17 heavy (non-hydrogen) atoms. The van der Waals surface area contributed by atoms with Gasteiger partial charge in [0.2, 0.25) is 12.3 Å². The fourth-order valence-corrected chi connectivity index (χ4v) is 3.06. The highest BCUT2D eigenvalue weighted by molar-refractivity contribution is 7.10. The first kappa shape index (κ1) is 12.3. The molecule has 0 unspecified atom stereocenters. The van der Waals surface area contributed by atoms with Crippen LogP contribution in [0.15, 0.2) is 17.5 Å². The topological polar surface area (TPSA) is 37.4 Å². The van der Waals surface area contributed by atoms with E-state index in [-0.39, 0.29) is 11.9 Å². The molecule has 0 saturated heterocycles. The Morgan fingerprint density at radius 2 is 2.18 bits per heavy atom. The highest BCUT2D eigenvalue weighted by atomic mass is 32.1. The van der Waals surface area contributed by atoms with Crippen molar-refractivity contribution >= 4 is 23.7 Å². The van der Waals surface area contributed by atoms with Gasteiger partial charge in [0.05, 0.1) is 6.42 Å².